The summed E-state index contributed by atoms with van der Waals surface area (Å²) < 4.78 is 21.6. The lowest BCUT2D eigenvalue weighted by Crippen LogP contribution is -2.50. The van der Waals surface area contributed by atoms with Gasteiger partial charge in [0.15, 0.2) is 0 Å². The second-order valence-electron chi connectivity index (χ2n) is 9.78. The summed E-state index contributed by atoms with van der Waals surface area (Å²) >= 11 is 0. The van der Waals surface area contributed by atoms with E-state index in [1.165, 1.54) is 6.42 Å². The van der Waals surface area contributed by atoms with Crippen LogP contribution in [-0.4, -0.2) is 48.3 Å². The molecule has 172 valence electrons. The predicted molar refractivity (Wildman–Crippen MR) is 121 cm³/mol. The molecule has 0 aromatic heterocycles. The smallest absolute Gasteiger partial charge is 0.0918 e. The highest BCUT2D eigenvalue weighted by Gasteiger charge is 2.55. The monoisotopic (exact) mass is 404 g/mol. The van der Waals surface area contributed by atoms with Crippen molar-refractivity contribution in [2.24, 2.45) is 5.92 Å². The Kier molecular flexibility index (Phi) is 12.7. The Bertz CT molecular complexity index is 395. The molecule has 4 nitrogen and oxygen atoms in total. The Hall–Kier alpha value is -0.160. The molecule has 0 saturated carbocycles. The van der Waals surface area contributed by atoms with Crippen molar-refractivity contribution < 1.29 is 18.9 Å². The molecule has 2 atom stereocenters. The molecular formula is C24H52O4. The van der Waals surface area contributed by atoms with Crippen LogP contribution in [0.25, 0.3) is 0 Å². The summed E-state index contributed by atoms with van der Waals surface area (Å²) in [5.74, 6) is 0.530. The van der Waals surface area contributed by atoms with Crippen molar-refractivity contribution in [2.75, 3.05) is 13.7 Å². The van der Waals surface area contributed by atoms with Gasteiger partial charge in [-0.2, -0.15) is 0 Å². The van der Waals surface area contributed by atoms with Crippen LogP contribution in [-0.2, 0) is 18.9 Å². The van der Waals surface area contributed by atoms with Crippen LogP contribution in [0.3, 0.4) is 0 Å². The molecule has 2 aliphatic rings. The number of rotatable bonds is 6. The van der Waals surface area contributed by atoms with E-state index in [4.69, 9.17) is 18.9 Å². The maximum atomic E-state index is 6.03. The summed E-state index contributed by atoms with van der Waals surface area (Å²) in [6.45, 7) is 30.3. The molecule has 2 fully saturated rings. The normalized spacial score (nSPS) is 22.5. The van der Waals surface area contributed by atoms with Gasteiger partial charge in [-0.3, -0.25) is 0 Å². The zero-order valence-corrected chi connectivity index (χ0v) is 21.8. The van der Waals surface area contributed by atoms with E-state index in [1.807, 2.05) is 13.8 Å². The van der Waals surface area contributed by atoms with Crippen LogP contribution in [0.4, 0.5) is 0 Å². The van der Waals surface area contributed by atoms with Crippen LogP contribution in [0.15, 0.2) is 0 Å². The van der Waals surface area contributed by atoms with Gasteiger partial charge >= 0.3 is 0 Å². The zero-order valence-electron chi connectivity index (χ0n) is 21.8. The molecule has 2 unspecified atom stereocenters. The fourth-order valence-corrected chi connectivity index (χ4v) is 1.90. The van der Waals surface area contributed by atoms with E-state index < -0.39 is 0 Å². The predicted octanol–water partition coefficient (Wildman–Crippen LogP) is 6.65. The van der Waals surface area contributed by atoms with Crippen molar-refractivity contribution in [3.05, 3.63) is 0 Å². The van der Waals surface area contributed by atoms with Gasteiger partial charge in [-0.1, -0.05) is 34.6 Å². The second kappa shape index (κ2) is 11.9. The van der Waals surface area contributed by atoms with Gasteiger partial charge in [-0.15, -0.1) is 0 Å². The SMILES string of the molecule is CC.CC1(C)OC1(C)C.CCC1CO1.COC(C)(C)C(C)(C)OC(C)C(C)C. The van der Waals surface area contributed by atoms with Gasteiger partial charge in [0.05, 0.1) is 41.2 Å². The fourth-order valence-electron chi connectivity index (χ4n) is 1.90. The van der Waals surface area contributed by atoms with Crippen LogP contribution < -0.4 is 0 Å². The lowest BCUT2D eigenvalue weighted by atomic mass is 9.88. The summed E-state index contributed by atoms with van der Waals surface area (Å²) in [4.78, 5) is 0. The van der Waals surface area contributed by atoms with Crippen molar-refractivity contribution in [1.29, 1.82) is 0 Å². The molecule has 0 aromatic carbocycles. The van der Waals surface area contributed by atoms with Crippen molar-refractivity contribution in [1.82, 2.24) is 0 Å². The maximum Gasteiger partial charge on any atom is 0.0918 e. The third kappa shape index (κ3) is 10.6. The molecule has 28 heavy (non-hydrogen) atoms. The summed E-state index contributed by atoms with van der Waals surface area (Å²) in [7, 11) is 1.73. The number of epoxide rings is 2. The first-order valence-electron chi connectivity index (χ1n) is 11.1. The van der Waals surface area contributed by atoms with Gasteiger partial charge in [0.25, 0.3) is 0 Å². The van der Waals surface area contributed by atoms with E-state index in [9.17, 15) is 0 Å². The van der Waals surface area contributed by atoms with E-state index in [0.29, 0.717) is 12.0 Å². The van der Waals surface area contributed by atoms with Crippen LogP contribution in [0, 0.1) is 5.92 Å². The molecular weight excluding hydrogens is 352 g/mol. The van der Waals surface area contributed by atoms with Gasteiger partial charge in [0, 0.05) is 7.11 Å². The largest absolute Gasteiger partial charge is 0.376 e. The molecule has 2 heterocycles. The molecule has 0 N–H and O–H groups in total. The Labute approximate surface area is 177 Å². The summed E-state index contributed by atoms with van der Waals surface area (Å²) in [6.07, 6.45) is 2.08. The van der Waals surface area contributed by atoms with E-state index >= 15 is 0 Å². The molecule has 2 rings (SSSR count). The number of methoxy groups -OCH3 is 1. The molecule has 4 heteroatoms. The molecule has 0 amide bonds. The summed E-state index contributed by atoms with van der Waals surface area (Å²) in [5, 5.41) is 0. The topological polar surface area (TPSA) is 43.5 Å². The molecule has 0 aromatic rings. The highest BCUT2D eigenvalue weighted by molar-refractivity contribution is 5.03. The first kappa shape index (κ1) is 30.0. The van der Waals surface area contributed by atoms with E-state index in [1.54, 1.807) is 7.11 Å². The van der Waals surface area contributed by atoms with Crippen LogP contribution in [0.1, 0.15) is 103 Å². The molecule has 2 saturated heterocycles. The minimum absolute atomic E-state index is 0.146. The Morgan fingerprint density at radius 2 is 1.29 bits per heavy atom. The average molecular weight is 405 g/mol. The second-order valence-corrected chi connectivity index (χ2v) is 9.78. The molecule has 0 aliphatic carbocycles. The number of hydrogen-bond donors (Lipinski definition) is 0. The Morgan fingerprint density at radius 1 is 0.929 bits per heavy atom. The quantitative estimate of drug-likeness (QED) is 0.465. The lowest BCUT2D eigenvalue weighted by molar-refractivity contribution is -0.190. The average Bonchev–Trinajstić information content (AvgIpc) is 3.47. The van der Waals surface area contributed by atoms with Gasteiger partial charge < -0.3 is 18.9 Å². The van der Waals surface area contributed by atoms with Gasteiger partial charge in [0.2, 0.25) is 0 Å². The Morgan fingerprint density at radius 3 is 1.43 bits per heavy atom. The standard InChI is InChI=1S/C12H26O2.C6H12O.C4H8O.C2H6/c1-9(2)10(3)14-12(6,7)11(4,5)13-8;1-5(2)6(3,4)7-5;1-2-4-3-5-4;1-2/h9-10H,1-8H3;1-4H3;4H,2-3H2,1H3;1-2H3. The van der Waals surface area contributed by atoms with Gasteiger partial charge in [-0.25, -0.2) is 0 Å². The lowest BCUT2D eigenvalue weighted by Gasteiger charge is -2.42. The van der Waals surface area contributed by atoms with Gasteiger partial charge in [-0.05, 0) is 74.7 Å². The summed E-state index contributed by atoms with van der Waals surface area (Å²) in [5.41, 5.74) is -0.248. The fraction of sp³-hybridized carbons (Fsp3) is 1.00. The Balaban J connectivity index is 0. The van der Waals surface area contributed by atoms with Crippen molar-refractivity contribution >= 4 is 0 Å². The highest BCUT2D eigenvalue weighted by atomic mass is 16.6. The highest BCUT2D eigenvalue weighted by Crippen LogP contribution is 2.46. The van der Waals surface area contributed by atoms with Gasteiger partial charge in [0.1, 0.15) is 0 Å². The van der Waals surface area contributed by atoms with E-state index in [2.05, 4.69) is 83.1 Å². The molecule has 2 aliphatic heterocycles. The van der Waals surface area contributed by atoms with Crippen LogP contribution in [0.5, 0.6) is 0 Å². The first-order valence-corrected chi connectivity index (χ1v) is 11.1. The summed E-state index contributed by atoms with van der Waals surface area (Å²) in [6, 6.07) is 0. The molecule has 0 bridgehead atoms. The van der Waals surface area contributed by atoms with Crippen LogP contribution in [0.2, 0.25) is 0 Å². The number of ether oxygens (including phenoxy) is 4. The van der Waals surface area contributed by atoms with E-state index in [-0.39, 0.29) is 28.5 Å². The van der Waals surface area contributed by atoms with Crippen molar-refractivity contribution in [2.45, 2.75) is 138 Å². The third-order valence-corrected chi connectivity index (χ3v) is 6.16. The van der Waals surface area contributed by atoms with Crippen molar-refractivity contribution in [3.63, 3.8) is 0 Å². The molecule has 0 spiro atoms. The number of hydrogen-bond acceptors (Lipinski definition) is 4. The maximum absolute atomic E-state index is 6.03. The minimum atomic E-state index is -0.272. The molecule has 0 radical (unpaired) electrons. The van der Waals surface area contributed by atoms with E-state index in [0.717, 1.165) is 6.61 Å². The van der Waals surface area contributed by atoms with Crippen molar-refractivity contribution in [3.8, 4) is 0 Å². The third-order valence-electron chi connectivity index (χ3n) is 6.16. The van der Waals surface area contributed by atoms with Crippen LogP contribution >= 0.6 is 0 Å². The minimum Gasteiger partial charge on any atom is -0.376 e. The first-order chi connectivity index (χ1) is 12.5. The zero-order chi connectivity index (χ0) is 23.0.